The molecule has 1 N–H and O–H groups in total. The van der Waals surface area contributed by atoms with E-state index in [1.165, 1.54) is 38.0 Å². The highest BCUT2D eigenvalue weighted by Crippen LogP contribution is 2.19. The van der Waals surface area contributed by atoms with Crippen LogP contribution in [0.3, 0.4) is 0 Å². The number of likely N-dealkylation sites (tertiary alicyclic amines) is 1. The molecule has 0 atom stereocenters. The van der Waals surface area contributed by atoms with Crippen LogP contribution in [0.4, 0.5) is 0 Å². The largest absolute Gasteiger partial charge is 0.328 e. The summed E-state index contributed by atoms with van der Waals surface area (Å²) in [5.74, 6) is 1.00. The molecule has 4 rings (SSSR count). The predicted molar refractivity (Wildman–Crippen MR) is 105 cm³/mol. The number of imidazole rings is 1. The van der Waals surface area contributed by atoms with Crippen LogP contribution in [-0.2, 0) is 19.6 Å². The third-order valence-corrected chi connectivity index (χ3v) is 4.94. The Balaban J connectivity index is 0.00000113. The van der Waals surface area contributed by atoms with Gasteiger partial charge in [-0.2, -0.15) is 5.10 Å². The van der Waals surface area contributed by atoms with Gasteiger partial charge in [-0.3, -0.25) is 4.68 Å². The number of nitrogens with zero attached hydrogens (tertiary/aromatic N) is 5. The summed E-state index contributed by atoms with van der Waals surface area (Å²) in [6, 6.07) is 2.19. The molecule has 25 heavy (non-hydrogen) atoms. The second kappa shape index (κ2) is 9.57. The Morgan fingerprint density at radius 3 is 2.68 bits per heavy atom. The van der Waals surface area contributed by atoms with Crippen molar-refractivity contribution in [2.24, 2.45) is 0 Å². The molecule has 2 aromatic rings. The van der Waals surface area contributed by atoms with Gasteiger partial charge in [0.2, 0.25) is 0 Å². The summed E-state index contributed by atoms with van der Waals surface area (Å²) >= 11 is 0. The van der Waals surface area contributed by atoms with E-state index in [0.717, 1.165) is 50.7 Å². The topological polar surface area (TPSA) is 50.9 Å². The van der Waals surface area contributed by atoms with Crippen molar-refractivity contribution < 1.29 is 0 Å². The number of fused-ring (bicyclic) bond motifs is 1. The number of piperidine rings is 1. The first-order valence-electron chi connectivity index (χ1n) is 8.91. The molecule has 0 aliphatic carbocycles. The average Bonchev–Trinajstić information content (AvgIpc) is 3.15. The van der Waals surface area contributed by atoms with Crippen LogP contribution < -0.4 is 5.32 Å². The first-order valence-corrected chi connectivity index (χ1v) is 8.91. The zero-order valence-electron chi connectivity index (χ0n) is 14.6. The van der Waals surface area contributed by atoms with Gasteiger partial charge in [-0.25, -0.2) is 4.98 Å². The molecular formula is C17H28Cl2N6. The standard InChI is InChI=1S/C17H26N6.2ClH/c1-2-7-21(8-3-1)11-12-22-10-6-19-17(22)16-13-15-14-18-5-4-9-23(15)20-16;;/h6,10,13,18H,1-5,7-9,11-12,14H2;2*1H. The van der Waals surface area contributed by atoms with Crippen molar-refractivity contribution in [3.05, 3.63) is 24.2 Å². The van der Waals surface area contributed by atoms with Gasteiger partial charge in [0, 0.05) is 38.6 Å². The van der Waals surface area contributed by atoms with Gasteiger partial charge in [0.1, 0.15) is 5.69 Å². The summed E-state index contributed by atoms with van der Waals surface area (Å²) in [4.78, 5) is 7.13. The number of aryl methyl sites for hydroxylation is 1. The number of rotatable bonds is 4. The van der Waals surface area contributed by atoms with Gasteiger partial charge in [0.15, 0.2) is 5.82 Å². The lowest BCUT2D eigenvalue weighted by Gasteiger charge is -2.26. The third-order valence-electron chi connectivity index (χ3n) is 4.94. The van der Waals surface area contributed by atoms with E-state index >= 15 is 0 Å². The van der Waals surface area contributed by atoms with E-state index in [-0.39, 0.29) is 24.8 Å². The van der Waals surface area contributed by atoms with Gasteiger partial charge in [0.05, 0.1) is 5.69 Å². The van der Waals surface area contributed by atoms with Gasteiger partial charge >= 0.3 is 0 Å². The molecule has 1 fully saturated rings. The number of nitrogens with one attached hydrogen (secondary N) is 1. The predicted octanol–water partition coefficient (Wildman–Crippen LogP) is 2.57. The van der Waals surface area contributed by atoms with Crippen LogP contribution in [0.25, 0.3) is 11.5 Å². The van der Waals surface area contributed by atoms with E-state index in [2.05, 4.69) is 36.7 Å². The summed E-state index contributed by atoms with van der Waals surface area (Å²) in [6.07, 6.45) is 9.20. The number of halogens is 2. The number of aromatic nitrogens is 4. The lowest BCUT2D eigenvalue weighted by atomic mass is 10.1. The van der Waals surface area contributed by atoms with Crippen molar-refractivity contribution in [1.82, 2.24) is 29.5 Å². The second-order valence-corrected chi connectivity index (χ2v) is 6.62. The van der Waals surface area contributed by atoms with Crippen molar-refractivity contribution in [3.8, 4) is 11.5 Å². The zero-order chi connectivity index (χ0) is 15.5. The van der Waals surface area contributed by atoms with E-state index in [1.807, 2.05) is 6.20 Å². The second-order valence-electron chi connectivity index (χ2n) is 6.62. The molecule has 0 unspecified atom stereocenters. The maximum atomic E-state index is 4.79. The lowest BCUT2D eigenvalue weighted by Crippen LogP contribution is -2.32. The molecule has 2 aliphatic heterocycles. The minimum atomic E-state index is 0. The minimum absolute atomic E-state index is 0. The van der Waals surface area contributed by atoms with Gasteiger partial charge in [-0.05, 0) is 45.0 Å². The molecule has 0 radical (unpaired) electrons. The summed E-state index contributed by atoms with van der Waals surface area (Å²) < 4.78 is 4.39. The highest BCUT2D eigenvalue weighted by molar-refractivity contribution is 5.85. The lowest BCUT2D eigenvalue weighted by molar-refractivity contribution is 0.221. The average molecular weight is 387 g/mol. The molecular weight excluding hydrogens is 359 g/mol. The fraction of sp³-hybridized carbons (Fsp3) is 0.647. The van der Waals surface area contributed by atoms with E-state index in [4.69, 9.17) is 5.10 Å². The Labute approximate surface area is 161 Å². The maximum absolute atomic E-state index is 4.79. The quantitative estimate of drug-likeness (QED) is 0.876. The van der Waals surface area contributed by atoms with E-state index in [0.29, 0.717) is 0 Å². The van der Waals surface area contributed by atoms with Crippen molar-refractivity contribution >= 4 is 24.8 Å². The molecule has 6 nitrogen and oxygen atoms in total. The fourth-order valence-corrected chi connectivity index (χ4v) is 3.63. The van der Waals surface area contributed by atoms with Crippen molar-refractivity contribution in [2.75, 3.05) is 26.2 Å². The zero-order valence-corrected chi connectivity index (χ0v) is 16.2. The Hall–Kier alpha value is -1.08. The van der Waals surface area contributed by atoms with Crippen molar-refractivity contribution in [3.63, 3.8) is 0 Å². The summed E-state index contributed by atoms with van der Waals surface area (Å²) in [6.45, 7) is 7.57. The summed E-state index contributed by atoms with van der Waals surface area (Å²) in [7, 11) is 0. The van der Waals surface area contributed by atoms with Crippen LogP contribution in [0.15, 0.2) is 18.5 Å². The molecule has 0 bridgehead atoms. The molecule has 140 valence electrons. The Morgan fingerprint density at radius 2 is 1.84 bits per heavy atom. The molecule has 2 aliphatic rings. The van der Waals surface area contributed by atoms with Crippen LogP contribution in [0.2, 0.25) is 0 Å². The molecule has 0 aromatic carbocycles. The van der Waals surface area contributed by atoms with Crippen LogP contribution in [0, 0.1) is 0 Å². The first kappa shape index (κ1) is 20.2. The smallest absolute Gasteiger partial charge is 0.160 e. The molecule has 1 saturated heterocycles. The van der Waals surface area contributed by atoms with Gasteiger partial charge in [0.25, 0.3) is 0 Å². The minimum Gasteiger partial charge on any atom is -0.328 e. The Kier molecular flexibility index (Phi) is 7.75. The molecule has 4 heterocycles. The van der Waals surface area contributed by atoms with E-state index in [1.54, 1.807) is 0 Å². The Morgan fingerprint density at radius 1 is 1.00 bits per heavy atom. The number of hydrogen-bond donors (Lipinski definition) is 1. The third kappa shape index (κ3) is 4.76. The highest BCUT2D eigenvalue weighted by atomic mass is 35.5. The molecule has 0 saturated carbocycles. The van der Waals surface area contributed by atoms with Crippen molar-refractivity contribution in [2.45, 2.75) is 45.3 Å². The van der Waals surface area contributed by atoms with Crippen LogP contribution in [-0.4, -0.2) is 50.4 Å². The Bertz CT molecular complexity index is 624. The SMILES string of the molecule is Cl.Cl.c1cn(CCN2CCCCC2)c(-c2cc3n(n2)CCCNC3)n1. The monoisotopic (exact) mass is 386 g/mol. The summed E-state index contributed by atoms with van der Waals surface area (Å²) in [5.41, 5.74) is 2.27. The highest BCUT2D eigenvalue weighted by Gasteiger charge is 2.16. The van der Waals surface area contributed by atoms with Gasteiger partial charge in [-0.15, -0.1) is 24.8 Å². The molecule has 0 spiro atoms. The van der Waals surface area contributed by atoms with Gasteiger partial charge in [-0.1, -0.05) is 6.42 Å². The van der Waals surface area contributed by atoms with Crippen LogP contribution in [0.1, 0.15) is 31.4 Å². The summed E-state index contributed by atoms with van der Waals surface area (Å²) in [5, 5.41) is 8.24. The van der Waals surface area contributed by atoms with E-state index in [9.17, 15) is 0 Å². The van der Waals surface area contributed by atoms with E-state index < -0.39 is 0 Å². The maximum Gasteiger partial charge on any atom is 0.160 e. The van der Waals surface area contributed by atoms with Crippen LogP contribution in [0.5, 0.6) is 0 Å². The van der Waals surface area contributed by atoms with Crippen molar-refractivity contribution in [1.29, 1.82) is 0 Å². The molecule has 8 heteroatoms. The molecule has 0 amide bonds. The normalized spacial score (nSPS) is 17.9. The molecule has 2 aromatic heterocycles. The van der Waals surface area contributed by atoms with Gasteiger partial charge < -0.3 is 14.8 Å². The first-order chi connectivity index (χ1) is 11.4. The number of hydrogen-bond acceptors (Lipinski definition) is 4. The fourth-order valence-electron chi connectivity index (χ4n) is 3.63. The van der Waals surface area contributed by atoms with Crippen LogP contribution >= 0.6 is 24.8 Å².